The summed E-state index contributed by atoms with van der Waals surface area (Å²) in [5, 5.41) is 0. The van der Waals surface area contributed by atoms with E-state index >= 15 is 0 Å². The topological polar surface area (TPSA) is 90.4 Å². The number of carbonyl (C=O) groups excluding carboxylic acids is 2. The molecule has 1 saturated heterocycles. The number of ether oxygens (including phenoxy) is 1. The van der Waals surface area contributed by atoms with E-state index in [0.717, 1.165) is 37.1 Å². The maximum absolute atomic E-state index is 13.2. The smallest absolute Gasteiger partial charge is 0.267 e. The molecule has 8 heteroatoms. The summed E-state index contributed by atoms with van der Waals surface area (Å²) in [7, 11) is 0. The van der Waals surface area contributed by atoms with Gasteiger partial charge in [0, 0.05) is 31.1 Å². The lowest BCUT2D eigenvalue weighted by Crippen LogP contribution is -2.39. The van der Waals surface area contributed by atoms with Crippen LogP contribution in [0.4, 0.5) is 4.39 Å². The number of piperidine rings is 1. The van der Waals surface area contributed by atoms with Gasteiger partial charge in [-0.3, -0.25) is 9.59 Å². The summed E-state index contributed by atoms with van der Waals surface area (Å²) in [5.74, 6) is 1.79. The summed E-state index contributed by atoms with van der Waals surface area (Å²) in [6.45, 7) is 5.71. The van der Waals surface area contributed by atoms with E-state index in [1.165, 1.54) is 18.2 Å². The number of aromatic nitrogens is 2. The number of carbonyl (C=O) groups is 2. The first-order valence-electron chi connectivity index (χ1n) is 12.3. The molecular weight excluding hydrogens is 459 g/mol. The number of imidazole rings is 1. The number of rotatable bonds is 6. The minimum Gasteiger partial charge on any atom is -0.457 e. The van der Waals surface area contributed by atoms with Gasteiger partial charge in [-0.1, -0.05) is 6.58 Å². The van der Waals surface area contributed by atoms with Gasteiger partial charge in [0.05, 0.1) is 0 Å². The standard InChI is InChI=1S/C28H29FN4O3/c1-2-24(34)32-16-13-18(14-17-32)23-4-3-15-33-26(27(30)35)25(31-28(23)33)19-5-9-21(10-6-19)36-22-11-7-20(29)8-12-22/h2,5-12,18,23H,1,3-4,13-17H2,(H2,30,35). The lowest BCUT2D eigenvalue weighted by Gasteiger charge is -2.37. The Kier molecular flexibility index (Phi) is 6.59. The van der Waals surface area contributed by atoms with Crippen molar-refractivity contribution in [1.29, 1.82) is 0 Å². The van der Waals surface area contributed by atoms with Crippen molar-refractivity contribution in [3.8, 4) is 22.8 Å². The minimum atomic E-state index is -0.498. The Balaban J connectivity index is 1.40. The molecule has 3 heterocycles. The monoisotopic (exact) mass is 488 g/mol. The fourth-order valence-electron chi connectivity index (χ4n) is 5.45. The number of hydrogen-bond donors (Lipinski definition) is 1. The van der Waals surface area contributed by atoms with E-state index in [0.29, 0.717) is 48.4 Å². The van der Waals surface area contributed by atoms with Gasteiger partial charge >= 0.3 is 0 Å². The Morgan fingerprint density at radius 2 is 1.64 bits per heavy atom. The molecule has 7 nitrogen and oxygen atoms in total. The molecule has 1 fully saturated rings. The van der Waals surface area contributed by atoms with Gasteiger partial charge < -0.3 is 19.9 Å². The highest BCUT2D eigenvalue weighted by Gasteiger charge is 2.36. The summed E-state index contributed by atoms with van der Waals surface area (Å²) in [5.41, 5.74) is 7.64. The number of nitrogens with zero attached hydrogens (tertiary/aromatic N) is 3. The number of primary amides is 1. The third-order valence-corrected chi connectivity index (χ3v) is 7.23. The fraction of sp³-hybridized carbons (Fsp3) is 0.321. The third-order valence-electron chi connectivity index (χ3n) is 7.23. The number of hydrogen-bond acceptors (Lipinski definition) is 4. The molecule has 0 radical (unpaired) electrons. The van der Waals surface area contributed by atoms with Crippen LogP contribution in [0.25, 0.3) is 11.3 Å². The Morgan fingerprint density at radius 3 is 2.25 bits per heavy atom. The van der Waals surface area contributed by atoms with E-state index in [1.807, 2.05) is 21.6 Å². The second-order valence-electron chi connectivity index (χ2n) is 9.38. The van der Waals surface area contributed by atoms with Gasteiger partial charge in [0.25, 0.3) is 5.91 Å². The number of benzene rings is 2. The van der Waals surface area contributed by atoms with Crippen LogP contribution >= 0.6 is 0 Å². The molecule has 2 aliphatic heterocycles. The van der Waals surface area contributed by atoms with Crippen molar-refractivity contribution in [3.63, 3.8) is 0 Å². The quantitative estimate of drug-likeness (QED) is 0.501. The lowest BCUT2D eigenvalue weighted by molar-refractivity contribution is -0.127. The van der Waals surface area contributed by atoms with Crippen molar-refractivity contribution in [3.05, 3.63) is 78.5 Å². The average Bonchev–Trinajstić information content (AvgIpc) is 3.30. The van der Waals surface area contributed by atoms with Gasteiger partial charge in [0.1, 0.15) is 34.5 Å². The third kappa shape index (κ3) is 4.63. The molecule has 2 amide bonds. The van der Waals surface area contributed by atoms with Gasteiger partial charge in [-0.2, -0.15) is 0 Å². The van der Waals surface area contributed by atoms with Crippen LogP contribution in [0.15, 0.2) is 61.2 Å². The second kappa shape index (κ2) is 9.97. The molecule has 2 N–H and O–H groups in total. The van der Waals surface area contributed by atoms with E-state index in [1.54, 1.807) is 24.3 Å². The summed E-state index contributed by atoms with van der Waals surface area (Å²) < 4.78 is 20.9. The van der Waals surface area contributed by atoms with Crippen LogP contribution in [-0.4, -0.2) is 39.4 Å². The molecule has 3 aromatic rings. The molecule has 36 heavy (non-hydrogen) atoms. The summed E-state index contributed by atoms with van der Waals surface area (Å²) in [4.78, 5) is 31.4. The zero-order chi connectivity index (χ0) is 25.2. The molecule has 1 aromatic heterocycles. The zero-order valence-electron chi connectivity index (χ0n) is 20.0. The van der Waals surface area contributed by atoms with Crippen molar-refractivity contribution in [2.24, 2.45) is 11.7 Å². The van der Waals surface area contributed by atoms with Crippen molar-refractivity contribution < 1.29 is 18.7 Å². The first-order valence-corrected chi connectivity index (χ1v) is 12.3. The summed E-state index contributed by atoms with van der Waals surface area (Å²) >= 11 is 0. The molecule has 0 saturated carbocycles. The molecule has 2 aromatic carbocycles. The van der Waals surface area contributed by atoms with E-state index in [-0.39, 0.29) is 17.6 Å². The van der Waals surface area contributed by atoms with Crippen LogP contribution in [-0.2, 0) is 11.3 Å². The molecule has 0 spiro atoms. The molecular formula is C28H29FN4O3. The predicted molar refractivity (Wildman–Crippen MR) is 134 cm³/mol. The minimum absolute atomic E-state index is 0.0243. The summed E-state index contributed by atoms with van der Waals surface area (Å²) in [6.07, 6.45) is 5.11. The van der Waals surface area contributed by atoms with Crippen LogP contribution in [0.1, 0.15) is 47.9 Å². The SMILES string of the molecule is C=CC(=O)N1CCC(C2CCCn3c2nc(-c2ccc(Oc4ccc(F)cc4)cc2)c3C(N)=O)CC1. The molecule has 0 bridgehead atoms. The number of nitrogens with two attached hydrogens (primary N) is 1. The summed E-state index contributed by atoms with van der Waals surface area (Å²) in [6, 6.07) is 13.1. The van der Waals surface area contributed by atoms with Gasteiger partial charge in [0.2, 0.25) is 5.91 Å². The first kappa shape index (κ1) is 23.8. The second-order valence-corrected chi connectivity index (χ2v) is 9.38. The van der Waals surface area contributed by atoms with E-state index in [4.69, 9.17) is 15.5 Å². The molecule has 1 unspecified atom stereocenters. The van der Waals surface area contributed by atoms with Crippen molar-refractivity contribution in [1.82, 2.24) is 14.5 Å². The highest BCUT2D eigenvalue weighted by Crippen LogP contribution is 2.41. The Hall–Kier alpha value is -3.94. The highest BCUT2D eigenvalue weighted by molar-refractivity contribution is 5.97. The Labute approximate surface area is 209 Å². The van der Waals surface area contributed by atoms with Crippen LogP contribution < -0.4 is 10.5 Å². The zero-order valence-corrected chi connectivity index (χ0v) is 20.0. The molecule has 0 aliphatic carbocycles. The predicted octanol–water partition coefficient (Wildman–Crippen LogP) is 4.88. The van der Waals surface area contributed by atoms with Gasteiger partial charge in [-0.25, -0.2) is 9.37 Å². The van der Waals surface area contributed by atoms with Crippen molar-refractivity contribution in [2.75, 3.05) is 13.1 Å². The van der Waals surface area contributed by atoms with Gasteiger partial charge in [-0.05, 0) is 86.2 Å². The number of halogens is 1. The van der Waals surface area contributed by atoms with E-state index in [9.17, 15) is 14.0 Å². The van der Waals surface area contributed by atoms with Crippen LogP contribution in [0.2, 0.25) is 0 Å². The van der Waals surface area contributed by atoms with Crippen molar-refractivity contribution >= 4 is 11.8 Å². The average molecular weight is 489 g/mol. The number of likely N-dealkylation sites (tertiary alicyclic amines) is 1. The van der Waals surface area contributed by atoms with Crippen LogP contribution in [0, 0.1) is 11.7 Å². The lowest BCUT2D eigenvalue weighted by atomic mass is 9.79. The highest BCUT2D eigenvalue weighted by atomic mass is 19.1. The normalized spacial score (nSPS) is 17.9. The number of fused-ring (bicyclic) bond motifs is 1. The van der Waals surface area contributed by atoms with Gasteiger partial charge in [0.15, 0.2) is 0 Å². The Morgan fingerprint density at radius 1 is 1.00 bits per heavy atom. The molecule has 5 rings (SSSR count). The fourth-order valence-corrected chi connectivity index (χ4v) is 5.45. The number of amides is 2. The van der Waals surface area contributed by atoms with Crippen LogP contribution in [0.3, 0.4) is 0 Å². The van der Waals surface area contributed by atoms with Gasteiger partial charge in [-0.15, -0.1) is 0 Å². The molecule has 1 atom stereocenters. The largest absolute Gasteiger partial charge is 0.457 e. The van der Waals surface area contributed by atoms with Crippen LogP contribution in [0.5, 0.6) is 11.5 Å². The maximum atomic E-state index is 13.2. The van der Waals surface area contributed by atoms with Crippen molar-refractivity contribution in [2.45, 2.75) is 38.1 Å². The Bertz CT molecular complexity index is 1280. The maximum Gasteiger partial charge on any atom is 0.267 e. The van der Waals surface area contributed by atoms with E-state index in [2.05, 4.69) is 6.58 Å². The molecule has 2 aliphatic rings. The first-order chi connectivity index (χ1) is 17.4. The van der Waals surface area contributed by atoms with E-state index < -0.39 is 5.91 Å². The molecule has 186 valence electrons.